The van der Waals surface area contributed by atoms with Gasteiger partial charge in [-0.3, -0.25) is 0 Å². The standard InChI is InChI=1S/C3H12N2Si/c4-2-1-3-6-5/h1-6H2. The van der Waals surface area contributed by atoms with E-state index in [4.69, 9.17) is 11.1 Å². The van der Waals surface area contributed by atoms with Crippen LogP contribution < -0.4 is 11.1 Å². The molecule has 38 valence electrons. The average molecular weight is 104 g/mol. The summed E-state index contributed by atoms with van der Waals surface area (Å²) < 4.78 is 0. The van der Waals surface area contributed by atoms with E-state index < -0.39 is 0 Å². The van der Waals surface area contributed by atoms with Crippen LogP contribution in [0.25, 0.3) is 0 Å². The third kappa shape index (κ3) is 4.14. The summed E-state index contributed by atoms with van der Waals surface area (Å²) >= 11 is 0. The predicted octanol–water partition coefficient (Wildman–Crippen LogP) is -1.20. The average Bonchev–Trinajstić information content (AvgIpc) is 1.61. The maximum absolute atomic E-state index is 5.30. The van der Waals surface area contributed by atoms with Gasteiger partial charge in [-0.2, -0.15) is 0 Å². The molecule has 3 heteroatoms. The molecule has 0 atom stereocenters. The molecule has 0 spiro atoms. The molecule has 6 heavy (non-hydrogen) atoms. The van der Waals surface area contributed by atoms with Crippen LogP contribution in [0.15, 0.2) is 0 Å². The van der Waals surface area contributed by atoms with Crippen LogP contribution in [0.1, 0.15) is 6.42 Å². The maximum atomic E-state index is 5.30. The lowest BCUT2D eigenvalue weighted by molar-refractivity contribution is 0.924. The van der Waals surface area contributed by atoms with Crippen LogP contribution in [0.5, 0.6) is 0 Å². The Balaban J connectivity index is 2.34. The summed E-state index contributed by atoms with van der Waals surface area (Å²) in [5, 5.41) is 5.30. The lowest BCUT2D eigenvalue weighted by atomic mass is 10.5. The fourth-order valence-electron chi connectivity index (χ4n) is 0.289. The molecule has 4 N–H and O–H groups in total. The van der Waals surface area contributed by atoms with Crippen LogP contribution >= 0.6 is 0 Å². The van der Waals surface area contributed by atoms with Gasteiger partial charge in [-0.15, -0.1) is 0 Å². The molecular formula is C3H12N2Si. The van der Waals surface area contributed by atoms with Gasteiger partial charge >= 0.3 is 0 Å². The largest absolute Gasteiger partial charge is 0.356 e. The molecule has 0 saturated carbocycles. The third-order valence-electron chi connectivity index (χ3n) is 0.658. The summed E-state index contributed by atoms with van der Waals surface area (Å²) in [6.07, 6.45) is 1.13. The van der Waals surface area contributed by atoms with Crippen molar-refractivity contribution in [2.24, 2.45) is 11.1 Å². The van der Waals surface area contributed by atoms with Crippen molar-refractivity contribution in [2.75, 3.05) is 6.54 Å². The Morgan fingerprint density at radius 2 is 2.17 bits per heavy atom. The van der Waals surface area contributed by atoms with Gasteiger partial charge in [0.25, 0.3) is 0 Å². The fraction of sp³-hybridized carbons (Fsp3) is 1.00. The van der Waals surface area contributed by atoms with Crippen molar-refractivity contribution in [2.45, 2.75) is 12.5 Å². The van der Waals surface area contributed by atoms with Gasteiger partial charge in [0.15, 0.2) is 0 Å². The summed E-state index contributed by atoms with van der Waals surface area (Å²) in [6, 6.07) is 1.20. The van der Waals surface area contributed by atoms with Crippen molar-refractivity contribution in [1.29, 1.82) is 0 Å². The van der Waals surface area contributed by atoms with E-state index in [1.165, 1.54) is 6.04 Å². The van der Waals surface area contributed by atoms with Gasteiger partial charge in [0.05, 0.1) is 9.68 Å². The van der Waals surface area contributed by atoms with Crippen molar-refractivity contribution >= 4 is 9.68 Å². The second-order valence-corrected chi connectivity index (χ2v) is 2.57. The SMILES string of the molecule is NCCC[SiH2]N. The van der Waals surface area contributed by atoms with Crippen LogP contribution in [0.4, 0.5) is 0 Å². The molecule has 2 nitrogen and oxygen atoms in total. The van der Waals surface area contributed by atoms with Gasteiger partial charge in [-0.25, -0.2) is 0 Å². The van der Waals surface area contributed by atoms with Crippen LogP contribution in [0.2, 0.25) is 6.04 Å². The minimum Gasteiger partial charge on any atom is -0.356 e. The molecule has 0 aromatic rings. The summed E-state index contributed by atoms with van der Waals surface area (Å²) in [6.45, 7) is 0.810. The lowest BCUT2D eigenvalue weighted by Gasteiger charge is -1.86. The molecular weight excluding hydrogens is 92.1 g/mol. The van der Waals surface area contributed by atoms with E-state index in [9.17, 15) is 0 Å². The van der Waals surface area contributed by atoms with Gasteiger partial charge < -0.3 is 11.1 Å². The van der Waals surface area contributed by atoms with E-state index >= 15 is 0 Å². The normalized spacial score (nSPS) is 11.0. The summed E-state index contributed by atoms with van der Waals surface area (Å²) in [7, 11) is -0.177. The molecule has 0 unspecified atom stereocenters. The zero-order valence-corrected chi connectivity index (χ0v) is 5.40. The Labute approximate surface area is 40.8 Å². The first kappa shape index (κ1) is 6.14. The van der Waals surface area contributed by atoms with Crippen LogP contribution in [0, 0.1) is 0 Å². The first-order chi connectivity index (χ1) is 2.91. The van der Waals surface area contributed by atoms with Gasteiger partial charge in [-0.05, 0) is 19.0 Å². The highest BCUT2D eigenvalue weighted by atomic mass is 28.2. The zero-order chi connectivity index (χ0) is 4.83. The molecule has 0 rings (SSSR count). The summed E-state index contributed by atoms with van der Waals surface area (Å²) in [4.78, 5) is 0. The molecule has 0 heterocycles. The molecule has 0 saturated heterocycles. The molecule has 0 radical (unpaired) electrons. The number of rotatable bonds is 3. The Kier molecular flexibility index (Phi) is 5.25. The summed E-state index contributed by atoms with van der Waals surface area (Å²) in [5.41, 5.74) is 5.18. The number of nitrogens with two attached hydrogens (primary N) is 2. The fourth-order valence-corrected chi connectivity index (χ4v) is 0.866. The molecule has 0 amide bonds. The Hall–Kier alpha value is 0.137. The second-order valence-electron chi connectivity index (χ2n) is 1.28. The molecule has 0 bridgehead atoms. The van der Waals surface area contributed by atoms with Crippen LogP contribution in [0.3, 0.4) is 0 Å². The molecule has 0 aromatic heterocycles. The molecule has 0 fully saturated rings. The third-order valence-corrected chi connectivity index (χ3v) is 1.57. The Morgan fingerprint density at radius 3 is 2.33 bits per heavy atom. The first-order valence-corrected chi connectivity index (χ1v) is 4.13. The van der Waals surface area contributed by atoms with E-state index in [-0.39, 0.29) is 9.68 Å². The van der Waals surface area contributed by atoms with E-state index in [0.29, 0.717) is 0 Å². The first-order valence-electron chi connectivity index (χ1n) is 2.32. The number of hydrogen-bond acceptors (Lipinski definition) is 2. The van der Waals surface area contributed by atoms with Crippen molar-refractivity contribution in [1.82, 2.24) is 0 Å². The van der Waals surface area contributed by atoms with E-state index in [1.54, 1.807) is 0 Å². The molecule has 0 aliphatic rings. The minimum atomic E-state index is -0.177. The van der Waals surface area contributed by atoms with Crippen molar-refractivity contribution in [3.63, 3.8) is 0 Å². The molecule has 0 aromatic carbocycles. The quantitative estimate of drug-likeness (QED) is 0.349. The topological polar surface area (TPSA) is 52.0 Å². The van der Waals surface area contributed by atoms with Crippen molar-refractivity contribution in [3.05, 3.63) is 0 Å². The van der Waals surface area contributed by atoms with Gasteiger partial charge in [0, 0.05) is 0 Å². The van der Waals surface area contributed by atoms with Crippen molar-refractivity contribution in [3.8, 4) is 0 Å². The Bertz CT molecular complexity index is 20.8. The smallest absolute Gasteiger partial charge is 0.0888 e. The highest BCUT2D eigenvalue weighted by Gasteiger charge is 1.76. The predicted molar refractivity (Wildman–Crippen MR) is 31.2 cm³/mol. The van der Waals surface area contributed by atoms with E-state index in [2.05, 4.69) is 0 Å². The highest BCUT2D eigenvalue weighted by Crippen LogP contribution is 1.77. The highest BCUT2D eigenvalue weighted by molar-refractivity contribution is 6.30. The maximum Gasteiger partial charge on any atom is 0.0888 e. The van der Waals surface area contributed by atoms with Crippen LogP contribution in [-0.2, 0) is 0 Å². The van der Waals surface area contributed by atoms with Gasteiger partial charge in [-0.1, -0.05) is 0 Å². The minimum absolute atomic E-state index is 0.177. The van der Waals surface area contributed by atoms with Crippen molar-refractivity contribution < 1.29 is 0 Å². The second kappa shape index (κ2) is 5.14. The summed E-state index contributed by atoms with van der Waals surface area (Å²) in [5.74, 6) is 0. The van der Waals surface area contributed by atoms with Crippen LogP contribution in [-0.4, -0.2) is 16.2 Å². The molecule has 0 aliphatic heterocycles. The monoisotopic (exact) mass is 104 g/mol. The lowest BCUT2D eigenvalue weighted by Crippen LogP contribution is -2.06. The molecule has 0 aliphatic carbocycles. The van der Waals surface area contributed by atoms with Gasteiger partial charge in [0.1, 0.15) is 0 Å². The van der Waals surface area contributed by atoms with E-state index in [1.807, 2.05) is 0 Å². The van der Waals surface area contributed by atoms with E-state index in [0.717, 1.165) is 13.0 Å². The Morgan fingerprint density at radius 1 is 1.50 bits per heavy atom. The van der Waals surface area contributed by atoms with Gasteiger partial charge in [0.2, 0.25) is 0 Å². The number of hydrogen-bond donors (Lipinski definition) is 2. The zero-order valence-electron chi connectivity index (χ0n) is 3.98.